The third kappa shape index (κ3) is 4.66. The Morgan fingerprint density at radius 1 is 1.37 bits per heavy atom. The average Bonchev–Trinajstić information content (AvgIpc) is 2.41. The Balaban J connectivity index is 1.78. The maximum Gasteiger partial charge on any atom is 0.138 e. The largest absolute Gasteiger partial charge is 0.488 e. The van der Waals surface area contributed by atoms with Crippen molar-refractivity contribution in [2.24, 2.45) is 0 Å². The van der Waals surface area contributed by atoms with Crippen molar-refractivity contribution in [2.45, 2.75) is 51.2 Å². The first kappa shape index (κ1) is 14.6. The van der Waals surface area contributed by atoms with E-state index in [9.17, 15) is 4.39 Å². The van der Waals surface area contributed by atoms with Gasteiger partial charge >= 0.3 is 0 Å². The van der Waals surface area contributed by atoms with E-state index in [1.807, 2.05) is 6.92 Å². The summed E-state index contributed by atoms with van der Waals surface area (Å²) in [5, 5.41) is 3.85. The minimum Gasteiger partial charge on any atom is -0.488 e. The van der Waals surface area contributed by atoms with E-state index in [0.717, 1.165) is 6.54 Å². The molecule has 1 fully saturated rings. The fourth-order valence-corrected chi connectivity index (χ4v) is 2.68. The van der Waals surface area contributed by atoms with Crippen LogP contribution in [0.15, 0.2) is 18.2 Å². The van der Waals surface area contributed by atoms with Crippen molar-refractivity contribution in [3.8, 4) is 5.75 Å². The van der Waals surface area contributed by atoms with E-state index < -0.39 is 0 Å². The quantitative estimate of drug-likeness (QED) is 0.877. The Morgan fingerprint density at radius 3 is 2.79 bits per heavy atom. The van der Waals surface area contributed by atoms with Crippen LogP contribution in [-0.4, -0.2) is 18.7 Å². The molecule has 1 aliphatic carbocycles. The van der Waals surface area contributed by atoms with E-state index in [1.54, 1.807) is 6.07 Å². The lowest BCUT2D eigenvalue weighted by molar-refractivity contribution is 0.205. The zero-order valence-electron chi connectivity index (χ0n) is 11.3. The molecule has 0 saturated heterocycles. The first-order valence-electron chi connectivity index (χ1n) is 7.00. The van der Waals surface area contributed by atoms with Gasteiger partial charge in [-0.05, 0) is 38.0 Å². The minimum absolute atomic E-state index is 0.0184. The van der Waals surface area contributed by atoms with Crippen molar-refractivity contribution in [3.63, 3.8) is 0 Å². The number of rotatable bonds is 5. The van der Waals surface area contributed by atoms with Crippen LogP contribution in [0, 0.1) is 5.82 Å². The van der Waals surface area contributed by atoms with Crippen molar-refractivity contribution < 1.29 is 9.13 Å². The molecule has 0 heterocycles. The molecule has 4 heteroatoms. The van der Waals surface area contributed by atoms with E-state index in [2.05, 4.69) is 5.32 Å². The number of hydrogen-bond donors (Lipinski definition) is 1. The van der Waals surface area contributed by atoms with Crippen LogP contribution in [0.1, 0.15) is 39.0 Å². The van der Waals surface area contributed by atoms with Gasteiger partial charge in [0.2, 0.25) is 0 Å². The minimum atomic E-state index is -0.342. The van der Waals surface area contributed by atoms with Gasteiger partial charge in [-0.15, -0.1) is 0 Å². The van der Waals surface area contributed by atoms with Crippen molar-refractivity contribution in [2.75, 3.05) is 6.54 Å². The van der Waals surface area contributed by atoms with Crippen LogP contribution >= 0.6 is 11.6 Å². The summed E-state index contributed by atoms with van der Waals surface area (Å²) in [6.07, 6.45) is 6.52. The lowest BCUT2D eigenvalue weighted by atomic mass is 9.95. The van der Waals surface area contributed by atoms with Crippen LogP contribution < -0.4 is 10.1 Å². The topological polar surface area (TPSA) is 21.3 Å². The lowest BCUT2D eigenvalue weighted by Crippen LogP contribution is -2.37. The summed E-state index contributed by atoms with van der Waals surface area (Å²) in [5.74, 6) is 0.200. The predicted octanol–water partition coefficient (Wildman–Crippen LogP) is 4.17. The molecule has 19 heavy (non-hydrogen) atoms. The number of nitrogens with one attached hydrogen (secondary N) is 1. The third-order valence-electron chi connectivity index (χ3n) is 3.52. The first-order valence-corrected chi connectivity index (χ1v) is 7.38. The molecule has 0 bridgehead atoms. The Bertz CT molecular complexity index is 407. The van der Waals surface area contributed by atoms with Gasteiger partial charge in [-0.1, -0.05) is 30.9 Å². The highest BCUT2D eigenvalue weighted by Crippen LogP contribution is 2.25. The molecule has 1 N–H and O–H groups in total. The van der Waals surface area contributed by atoms with Gasteiger partial charge in [0, 0.05) is 12.6 Å². The van der Waals surface area contributed by atoms with Crippen LogP contribution in [0.4, 0.5) is 4.39 Å². The van der Waals surface area contributed by atoms with Gasteiger partial charge in [0.15, 0.2) is 0 Å². The highest BCUT2D eigenvalue weighted by molar-refractivity contribution is 6.32. The van der Waals surface area contributed by atoms with Crippen LogP contribution in [0.25, 0.3) is 0 Å². The molecule has 0 amide bonds. The Hall–Kier alpha value is -0.800. The molecule has 2 rings (SSSR count). The fourth-order valence-electron chi connectivity index (χ4n) is 2.47. The second-order valence-electron chi connectivity index (χ2n) is 5.25. The molecule has 1 aromatic rings. The predicted molar refractivity (Wildman–Crippen MR) is 76.4 cm³/mol. The molecule has 1 aliphatic rings. The van der Waals surface area contributed by atoms with Crippen molar-refractivity contribution >= 4 is 11.6 Å². The monoisotopic (exact) mass is 285 g/mol. The summed E-state index contributed by atoms with van der Waals surface area (Å²) in [6.45, 7) is 2.79. The summed E-state index contributed by atoms with van der Waals surface area (Å²) < 4.78 is 18.7. The Kier molecular flexibility index (Phi) is 5.46. The molecule has 0 spiro atoms. The SMILES string of the molecule is CC(CNC1CCCCC1)Oc1ccc(F)cc1Cl. The highest BCUT2D eigenvalue weighted by atomic mass is 35.5. The molecule has 1 unspecified atom stereocenters. The van der Waals surface area contributed by atoms with E-state index in [-0.39, 0.29) is 11.9 Å². The smallest absolute Gasteiger partial charge is 0.138 e. The van der Waals surface area contributed by atoms with Crippen LogP contribution in [-0.2, 0) is 0 Å². The van der Waals surface area contributed by atoms with Gasteiger partial charge in [-0.2, -0.15) is 0 Å². The standard InChI is InChI=1S/C15H21ClFNO/c1-11(10-18-13-5-3-2-4-6-13)19-15-8-7-12(17)9-14(15)16/h7-9,11,13,18H,2-6,10H2,1H3. The molecule has 0 aliphatic heterocycles. The number of halogens is 2. The Labute approximate surface area is 119 Å². The maximum absolute atomic E-state index is 12.9. The number of hydrogen-bond acceptors (Lipinski definition) is 2. The molecule has 1 atom stereocenters. The fraction of sp³-hybridized carbons (Fsp3) is 0.600. The molecule has 2 nitrogen and oxygen atoms in total. The van der Waals surface area contributed by atoms with Gasteiger partial charge < -0.3 is 10.1 Å². The lowest BCUT2D eigenvalue weighted by Gasteiger charge is -2.25. The molecular formula is C15H21ClFNO. The van der Waals surface area contributed by atoms with Gasteiger partial charge in [-0.25, -0.2) is 4.39 Å². The molecule has 0 aromatic heterocycles. The van der Waals surface area contributed by atoms with Crippen LogP contribution in [0.2, 0.25) is 5.02 Å². The van der Waals surface area contributed by atoms with Gasteiger partial charge in [-0.3, -0.25) is 0 Å². The van der Waals surface area contributed by atoms with Gasteiger partial charge in [0.25, 0.3) is 0 Å². The summed E-state index contributed by atoms with van der Waals surface area (Å²) in [4.78, 5) is 0. The molecular weight excluding hydrogens is 265 g/mol. The Morgan fingerprint density at radius 2 is 2.11 bits per heavy atom. The van der Waals surface area contributed by atoms with Crippen molar-refractivity contribution in [3.05, 3.63) is 29.0 Å². The molecule has 0 radical (unpaired) electrons. The molecule has 1 aromatic carbocycles. The second kappa shape index (κ2) is 7.11. The zero-order chi connectivity index (χ0) is 13.7. The van der Waals surface area contributed by atoms with E-state index >= 15 is 0 Å². The molecule has 1 saturated carbocycles. The first-order chi connectivity index (χ1) is 9.15. The van der Waals surface area contributed by atoms with Crippen LogP contribution in [0.5, 0.6) is 5.75 Å². The van der Waals surface area contributed by atoms with Gasteiger partial charge in [0.1, 0.15) is 17.7 Å². The van der Waals surface area contributed by atoms with Gasteiger partial charge in [0.05, 0.1) is 5.02 Å². The maximum atomic E-state index is 12.9. The van der Waals surface area contributed by atoms with E-state index in [0.29, 0.717) is 16.8 Å². The average molecular weight is 286 g/mol. The van der Waals surface area contributed by atoms with E-state index in [1.165, 1.54) is 44.2 Å². The normalized spacial score (nSPS) is 18.3. The summed E-state index contributed by atoms with van der Waals surface area (Å²) in [5.41, 5.74) is 0. The van der Waals surface area contributed by atoms with Crippen LogP contribution in [0.3, 0.4) is 0 Å². The van der Waals surface area contributed by atoms with E-state index in [4.69, 9.17) is 16.3 Å². The van der Waals surface area contributed by atoms with Crippen molar-refractivity contribution in [1.29, 1.82) is 0 Å². The van der Waals surface area contributed by atoms with Crippen molar-refractivity contribution in [1.82, 2.24) is 5.32 Å². The second-order valence-corrected chi connectivity index (χ2v) is 5.65. The molecule has 106 valence electrons. The zero-order valence-corrected chi connectivity index (χ0v) is 12.0. The third-order valence-corrected chi connectivity index (χ3v) is 3.82. The summed E-state index contributed by atoms with van der Waals surface area (Å²) >= 11 is 5.94. The summed E-state index contributed by atoms with van der Waals surface area (Å²) in [7, 11) is 0. The summed E-state index contributed by atoms with van der Waals surface area (Å²) in [6, 6.07) is 4.83. The highest BCUT2D eigenvalue weighted by Gasteiger charge is 2.14. The number of benzene rings is 1. The number of ether oxygens (including phenoxy) is 1.